The summed E-state index contributed by atoms with van der Waals surface area (Å²) in [5, 5.41) is 0. The van der Waals surface area contributed by atoms with E-state index in [1.165, 1.54) is 12.8 Å². The Morgan fingerprint density at radius 3 is 2.23 bits per heavy atom. The van der Waals surface area contributed by atoms with Crippen LogP contribution in [0.3, 0.4) is 0 Å². The number of hydrogen-bond donors (Lipinski definition) is 1. The lowest BCUT2D eigenvalue weighted by Gasteiger charge is -2.29. The van der Waals surface area contributed by atoms with Gasteiger partial charge in [0.25, 0.3) is 0 Å². The van der Waals surface area contributed by atoms with Gasteiger partial charge in [-0.05, 0) is 12.8 Å². The van der Waals surface area contributed by atoms with Crippen LogP contribution < -0.4 is 0 Å². The van der Waals surface area contributed by atoms with E-state index in [4.69, 9.17) is 9.29 Å². The molecule has 3 nitrogen and oxygen atoms in total. The topological polar surface area (TPSA) is 46.5 Å². The molecular weight excluding hydrogens is 188 g/mol. The molecule has 0 aliphatic heterocycles. The van der Waals surface area contributed by atoms with E-state index < -0.39 is 11.1 Å². The van der Waals surface area contributed by atoms with E-state index in [9.17, 15) is 4.21 Å². The van der Waals surface area contributed by atoms with Crippen molar-refractivity contribution in [2.24, 2.45) is 0 Å². The van der Waals surface area contributed by atoms with Gasteiger partial charge in [-0.1, -0.05) is 25.7 Å². The first kappa shape index (κ1) is 11.1. The summed E-state index contributed by atoms with van der Waals surface area (Å²) in [4.78, 5) is 0. The Bertz CT molecular complexity index is 174. The molecule has 0 aromatic rings. The van der Waals surface area contributed by atoms with Crippen LogP contribution in [0.15, 0.2) is 0 Å². The van der Waals surface area contributed by atoms with Crippen LogP contribution in [0.2, 0.25) is 0 Å². The number of hydrogen-bond acceptors (Lipinski definition) is 2. The highest BCUT2D eigenvalue weighted by molar-refractivity contribution is 7.79. The minimum atomic E-state index is -1.74. The quantitative estimate of drug-likeness (QED) is 0.567. The second-order valence-electron chi connectivity index (χ2n) is 3.77. The van der Waals surface area contributed by atoms with Crippen LogP contribution in [0.25, 0.3) is 0 Å². The Kier molecular flexibility index (Phi) is 4.35. The highest BCUT2D eigenvalue weighted by Crippen LogP contribution is 2.30. The first-order valence-electron chi connectivity index (χ1n) is 4.81. The molecule has 0 radical (unpaired) electrons. The Morgan fingerprint density at radius 1 is 1.31 bits per heavy atom. The van der Waals surface area contributed by atoms with Crippen molar-refractivity contribution in [1.82, 2.24) is 0 Å². The second kappa shape index (κ2) is 5.08. The van der Waals surface area contributed by atoms with Gasteiger partial charge in [0, 0.05) is 7.11 Å². The molecule has 0 amide bonds. The maximum atomic E-state index is 10.8. The molecule has 1 fully saturated rings. The minimum Gasteiger partial charge on any atom is -0.377 e. The van der Waals surface area contributed by atoms with Crippen LogP contribution in [0.1, 0.15) is 38.5 Å². The van der Waals surface area contributed by atoms with E-state index in [-0.39, 0.29) is 11.4 Å². The molecule has 1 saturated carbocycles. The van der Waals surface area contributed by atoms with Gasteiger partial charge in [0.1, 0.15) is 0 Å². The normalized spacial score (nSPS) is 25.1. The molecule has 0 saturated heterocycles. The smallest absolute Gasteiger partial charge is 0.155 e. The summed E-state index contributed by atoms with van der Waals surface area (Å²) >= 11 is -1.74. The average Bonchev–Trinajstić information content (AvgIpc) is 2.30. The van der Waals surface area contributed by atoms with Gasteiger partial charge in [-0.15, -0.1) is 0 Å². The molecule has 0 aromatic heterocycles. The summed E-state index contributed by atoms with van der Waals surface area (Å²) in [6.07, 6.45) is 6.54. The summed E-state index contributed by atoms with van der Waals surface area (Å²) in [6, 6.07) is 0. The third-order valence-corrected chi connectivity index (χ3v) is 3.61. The monoisotopic (exact) mass is 206 g/mol. The predicted octanol–water partition coefficient (Wildman–Crippen LogP) is 1.95. The van der Waals surface area contributed by atoms with E-state index in [2.05, 4.69) is 0 Å². The lowest BCUT2D eigenvalue weighted by Crippen LogP contribution is -2.36. The van der Waals surface area contributed by atoms with Gasteiger partial charge >= 0.3 is 0 Å². The Labute approximate surface area is 82.1 Å². The van der Waals surface area contributed by atoms with Crippen molar-refractivity contribution in [3.05, 3.63) is 0 Å². The molecular formula is C9H18O3S. The van der Waals surface area contributed by atoms with Crippen molar-refractivity contribution in [2.75, 3.05) is 12.9 Å². The van der Waals surface area contributed by atoms with Crippen molar-refractivity contribution in [2.45, 2.75) is 44.1 Å². The van der Waals surface area contributed by atoms with Crippen molar-refractivity contribution in [3.63, 3.8) is 0 Å². The van der Waals surface area contributed by atoms with Gasteiger partial charge in [-0.25, -0.2) is 4.21 Å². The summed E-state index contributed by atoms with van der Waals surface area (Å²) < 4.78 is 25.1. The SMILES string of the molecule is COC1(CS(=O)O)CCCCCC1. The lowest BCUT2D eigenvalue weighted by molar-refractivity contribution is -0.00346. The largest absolute Gasteiger partial charge is 0.377 e. The van der Waals surface area contributed by atoms with Crippen LogP contribution in [0.5, 0.6) is 0 Å². The van der Waals surface area contributed by atoms with Crippen LogP contribution in [0.4, 0.5) is 0 Å². The Morgan fingerprint density at radius 2 is 1.85 bits per heavy atom. The molecule has 1 aliphatic carbocycles. The average molecular weight is 206 g/mol. The molecule has 1 N–H and O–H groups in total. The fraction of sp³-hybridized carbons (Fsp3) is 1.00. The van der Waals surface area contributed by atoms with E-state index in [1.54, 1.807) is 7.11 Å². The first-order chi connectivity index (χ1) is 6.18. The number of methoxy groups -OCH3 is 1. The summed E-state index contributed by atoms with van der Waals surface area (Å²) in [5.41, 5.74) is -0.323. The van der Waals surface area contributed by atoms with Gasteiger partial charge in [0.15, 0.2) is 11.1 Å². The van der Waals surface area contributed by atoms with Crippen LogP contribution in [-0.4, -0.2) is 27.2 Å². The zero-order valence-corrected chi connectivity index (χ0v) is 8.94. The number of ether oxygens (including phenoxy) is 1. The lowest BCUT2D eigenvalue weighted by atomic mass is 9.97. The predicted molar refractivity (Wildman–Crippen MR) is 53.1 cm³/mol. The van der Waals surface area contributed by atoms with Gasteiger partial charge in [0.05, 0.1) is 11.4 Å². The van der Waals surface area contributed by atoms with Gasteiger partial charge in [-0.2, -0.15) is 0 Å². The van der Waals surface area contributed by atoms with Crippen molar-refractivity contribution < 1.29 is 13.5 Å². The molecule has 0 bridgehead atoms. The van der Waals surface area contributed by atoms with E-state index in [1.807, 2.05) is 0 Å². The van der Waals surface area contributed by atoms with E-state index in [0.717, 1.165) is 25.7 Å². The molecule has 1 rings (SSSR count). The van der Waals surface area contributed by atoms with Crippen molar-refractivity contribution in [1.29, 1.82) is 0 Å². The van der Waals surface area contributed by atoms with Crippen LogP contribution >= 0.6 is 0 Å². The molecule has 0 heterocycles. The highest BCUT2D eigenvalue weighted by Gasteiger charge is 2.32. The molecule has 1 unspecified atom stereocenters. The van der Waals surface area contributed by atoms with Crippen LogP contribution in [0, 0.1) is 0 Å². The van der Waals surface area contributed by atoms with E-state index >= 15 is 0 Å². The molecule has 1 atom stereocenters. The van der Waals surface area contributed by atoms with Gasteiger partial charge in [-0.3, -0.25) is 0 Å². The highest BCUT2D eigenvalue weighted by atomic mass is 32.2. The summed E-state index contributed by atoms with van der Waals surface area (Å²) in [6.45, 7) is 0. The summed E-state index contributed by atoms with van der Waals surface area (Å²) in [5.74, 6) is 0.267. The van der Waals surface area contributed by atoms with Crippen LogP contribution in [-0.2, 0) is 15.8 Å². The van der Waals surface area contributed by atoms with Crippen molar-refractivity contribution in [3.8, 4) is 0 Å². The maximum Gasteiger partial charge on any atom is 0.155 e. The zero-order valence-electron chi connectivity index (χ0n) is 8.12. The standard InChI is InChI=1S/C9H18O3S/c1-12-9(8-13(10)11)6-4-2-3-5-7-9/h2-8H2,1H3,(H,10,11). The van der Waals surface area contributed by atoms with Gasteiger partial charge < -0.3 is 9.29 Å². The molecule has 0 aromatic carbocycles. The molecule has 4 heteroatoms. The molecule has 0 spiro atoms. The number of rotatable bonds is 3. The summed E-state index contributed by atoms with van der Waals surface area (Å²) in [7, 11) is 1.65. The third-order valence-electron chi connectivity index (χ3n) is 2.83. The van der Waals surface area contributed by atoms with Gasteiger partial charge in [0.2, 0.25) is 0 Å². The first-order valence-corrected chi connectivity index (χ1v) is 6.09. The third kappa shape index (κ3) is 3.37. The Balaban J connectivity index is 2.58. The fourth-order valence-electron chi connectivity index (χ4n) is 2.01. The fourth-order valence-corrected chi connectivity index (χ4v) is 2.86. The molecule has 1 aliphatic rings. The molecule has 78 valence electrons. The molecule has 13 heavy (non-hydrogen) atoms. The second-order valence-corrected chi connectivity index (χ2v) is 4.70. The van der Waals surface area contributed by atoms with E-state index in [0.29, 0.717) is 0 Å². The Hall–Kier alpha value is 0.0700. The maximum absolute atomic E-state index is 10.8. The zero-order chi connectivity index (χ0) is 9.73. The minimum absolute atomic E-state index is 0.267. The van der Waals surface area contributed by atoms with Crippen molar-refractivity contribution >= 4 is 11.1 Å².